The lowest BCUT2D eigenvalue weighted by Gasteiger charge is -2.29. The van der Waals surface area contributed by atoms with Gasteiger partial charge in [-0.3, -0.25) is 4.74 Å². The van der Waals surface area contributed by atoms with E-state index in [1.165, 1.54) is 0 Å². The molecule has 0 atom stereocenters. The SMILES string of the molecule is Cn1nnc2ccc(-c3ccn4nc(NC5CCC(OC(F)(F)F)CC5)ncc34)cc21. The molecular weight excluding hydrogens is 411 g/mol. The van der Waals surface area contributed by atoms with Crippen molar-refractivity contribution in [3.8, 4) is 11.1 Å². The number of fused-ring (bicyclic) bond motifs is 2. The van der Waals surface area contributed by atoms with E-state index in [0.29, 0.717) is 31.6 Å². The Morgan fingerprint density at radius 3 is 2.68 bits per heavy atom. The molecular formula is C20H20F3N7O. The minimum absolute atomic E-state index is 0.0142. The van der Waals surface area contributed by atoms with Gasteiger partial charge in [0.1, 0.15) is 5.52 Å². The van der Waals surface area contributed by atoms with Crippen LogP contribution in [-0.2, 0) is 11.8 Å². The lowest BCUT2D eigenvalue weighted by Crippen LogP contribution is -2.33. The Kier molecular flexibility index (Phi) is 4.77. The molecule has 31 heavy (non-hydrogen) atoms. The molecule has 162 valence electrons. The van der Waals surface area contributed by atoms with Crippen LogP contribution in [0.15, 0.2) is 36.7 Å². The van der Waals surface area contributed by atoms with Gasteiger partial charge in [-0.25, -0.2) is 14.2 Å². The van der Waals surface area contributed by atoms with E-state index < -0.39 is 12.5 Å². The van der Waals surface area contributed by atoms with E-state index in [9.17, 15) is 13.2 Å². The third kappa shape index (κ3) is 4.05. The highest BCUT2D eigenvalue weighted by Crippen LogP contribution is 2.30. The molecule has 1 saturated carbocycles. The number of alkyl halides is 3. The largest absolute Gasteiger partial charge is 0.522 e. The van der Waals surface area contributed by atoms with E-state index in [2.05, 4.69) is 30.4 Å². The average molecular weight is 431 g/mol. The van der Waals surface area contributed by atoms with Crippen molar-refractivity contribution in [3.05, 3.63) is 36.7 Å². The highest BCUT2D eigenvalue weighted by Gasteiger charge is 2.35. The van der Waals surface area contributed by atoms with Crippen molar-refractivity contribution in [1.82, 2.24) is 29.6 Å². The summed E-state index contributed by atoms with van der Waals surface area (Å²) in [5, 5.41) is 15.9. The summed E-state index contributed by atoms with van der Waals surface area (Å²) in [6.45, 7) is 0. The van der Waals surface area contributed by atoms with E-state index >= 15 is 0 Å². The van der Waals surface area contributed by atoms with Gasteiger partial charge < -0.3 is 5.32 Å². The third-order valence-corrected chi connectivity index (χ3v) is 5.65. The van der Waals surface area contributed by atoms with E-state index in [1.54, 1.807) is 15.4 Å². The molecule has 1 aromatic carbocycles. The van der Waals surface area contributed by atoms with Crippen molar-refractivity contribution in [3.63, 3.8) is 0 Å². The van der Waals surface area contributed by atoms with Crippen LogP contribution in [0.3, 0.4) is 0 Å². The molecule has 4 aromatic rings. The van der Waals surface area contributed by atoms with Gasteiger partial charge in [0.25, 0.3) is 0 Å². The van der Waals surface area contributed by atoms with Gasteiger partial charge in [0.2, 0.25) is 5.95 Å². The number of nitrogens with zero attached hydrogens (tertiary/aromatic N) is 6. The Balaban J connectivity index is 1.31. The molecule has 1 aliphatic carbocycles. The van der Waals surface area contributed by atoms with Gasteiger partial charge in [-0.05, 0) is 49.4 Å². The van der Waals surface area contributed by atoms with Crippen LogP contribution in [0, 0.1) is 0 Å². The van der Waals surface area contributed by atoms with Crippen LogP contribution in [-0.4, -0.2) is 48.1 Å². The molecule has 0 spiro atoms. The summed E-state index contributed by atoms with van der Waals surface area (Å²) < 4.78 is 44.7. The zero-order valence-electron chi connectivity index (χ0n) is 16.7. The zero-order valence-corrected chi connectivity index (χ0v) is 16.7. The van der Waals surface area contributed by atoms with Crippen molar-refractivity contribution in [2.45, 2.75) is 44.2 Å². The van der Waals surface area contributed by atoms with Gasteiger partial charge in [-0.2, -0.15) is 0 Å². The molecule has 0 aliphatic heterocycles. The predicted octanol–water partition coefficient (Wildman–Crippen LogP) is 3.94. The number of nitrogens with one attached hydrogen (secondary N) is 1. The molecule has 5 rings (SSSR count). The lowest BCUT2D eigenvalue weighted by molar-refractivity contribution is -0.345. The second kappa shape index (κ2) is 7.49. The molecule has 3 heterocycles. The number of halogens is 3. The Hall–Kier alpha value is -3.21. The monoisotopic (exact) mass is 431 g/mol. The maximum atomic E-state index is 12.4. The molecule has 0 saturated heterocycles. The lowest BCUT2D eigenvalue weighted by atomic mass is 9.93. The first-order valence-electron chi connectivity index (χ1n) is 10.0. The number of aryl methyl sites for hydroxylation is 1. The Bertz CT molecular complexity index is 1220. The zero-order chi connectivity index (χ0) is 21.6. The second-order valence-electron chi connectivity index (χ2n) is 7.74. The first-order chi connectivity index (χ1) is 14.9. The molecule has 1 aliphatic rings. The Morgan fingerprint density at radius 2 is 1.90 bits per heavy atom. The van der Waals surface area contributed by atoms with Gasteiger partial charge in [0.05, 0.1) is 23.3 Å². The summed E-state index contributed by atoms with van der Waals surface area (Å²) in [6, 6.07) is 7.92. The highest BCUT2D eigenvalue weighted by atomic mass is 19.4. The van der Waals surface area contributed by atoms with Crippen LogP contribution in [0.5, 0.6) is 0 Å². The fraction of sp³-hybridized carbons (Fsp3) is 0.400. The van der Waals surface area contributed by atoms with Gasteiger partial charge in [0, 0.05) is 24.8 Å². The molecule has 3 aromatic heterocycles. The Labute approximate surface area is 175 Å². The number of rotatable bonds is 4. The van der Waals surface area contributed by atoms with Gasteiger partial charge in [-0.1, -0.05) is 11.3 Å². The molecule has 0 amide bonds. The van der Waals surface area contributed by atoms with Crippen molar-refractivity contribution in [2.75, 3.05) is 5.32 Å². The molecule has 0 bridgehead atoms. The number of aromatic nitrogens is 6. The maximum Gasteiger partial charge on any atom is 0.522 e. The first kappa shape index (κ1) is 19.7. The quantitative estimate of drug-likeness (QED) is 0.527. The molecule has 0 unspecified atom stereocenters. The summed E-state index contributed by atoms with van der Waals surface area (Å²) in [7, 11) is 1.85. The van der Waals surface area contributed by atoms with Crippen molar-refractivity contribution >= 4 is 22.5 Å². The van der Waals surface area contributed by atoms with E-state index in [-0.39, 0.29) is 6.04 Å². The van der Waals surface area contributed by atoms with Gasteiger partial charge in [0.15, 0.2) is 0 Å². The van der Waals surface area contributed by atoms with Crippen LogP contribution >= 0.6 is 0 Å². The van der Waals surface area contributed by atoms with E-state index in [1.807, 2.05) is 37.5 Å². The number of ether oxygens (including phenoxy) is 1. The minimum atomic E-state index is -4.58. The van der Waals surface area contributed by atoms with Gasteiger partial charge in [-0.15, -0.1) is 23.4 Å². The number of hydrogen-bond acceptors (Lipinski definition) is 6. The molecule has 1 N–H and O–H groups in total. The number of anilines is 1. The van der Waals surface area contributed by atoms with Crippen LogP contribution in [0.4, 0.5) is 19.1 Å². The molecule has 0 radical (unpaired) electrons. The van der Waals surface area contributed by atoms with Crippen LogP contribution in [0.2, 0.25) is 0 Å². The van der Waals surface area contributed by atoms with Crippen LogP contribution in [0.25, 0.3) is 27.7 Å². The number of benzene rings is 1. The van der Waals surface area contributed by atoms with Crippen molar-refractivity contribution in [1.29, 1.82) is 0 Å². The Morgan fingerprint density at radius 1 is 1.10 bits per heavy atom. The van der Waals surface area contributed by atoms with Crippen molar-refractivity contribution < 1.29 is 17.9 Å². The predicted molar refractivity (Wildman–Crippen MR) is 107 cm³/mol. The summed E-state index contributed by atoms with van der Waals surface area (Å²) >= 11 is 0. The summed E-state index contributed by atoms with van der Waals surface area (Å²) in [4.78, 5) is 4.42. The van der Waals surface area contributed by atoms with E-state index in [0.717, 1.165) is 27.7 Å². The smallest absolute Gasteiger partial charge is 0.350 e. The normalized spacial score (nSPS) is 19.9. The van der Waals surface area contributed by atoms with Crippen molar-refractivity contribution in [2.24, 2.45) is 7.05 Å². The summed E-state index contributed by atoms with van der Waals surface area (Å²) in [5.74, 6) is 0.445. The first-order valence-corrected chi connectivity index (χ1v) is 10.0. The van der Waals surface area contributed by atoms with Crippen LogP contribution < -0.4 is 5.32 Å². The fourth-order valence-electron chi connectivity index (χ4n) is 4.11. The van der Waals surface area contributed by atoms with E-state index in [4.69, 9.17) is 0 Å². The van der Waals surface area contributed by atoms with Crippen LogP contribution in [0.1, 0.15) is 25.7 Å². The highest BCUT2D eigenvalue weighted by molar-refractivity contribution is 5.87. The summed E-state index contributed by atoms with van der Waals surface area (Å²) in [5.41, 5.74) is 4.60. The fourth-order valence-corrected chi connectivity index (χ4v) is 4.11. The molecule has 8 nitrogen and oxygen atoms in total. The average Bonchev–Trinajstić information content (AvgIpc) is 3.31. The second-order valence-corrected chi connectivity index (χ2v) is 7.74. The third-order valence-electron chi connectivity index (χ3n) is 5.65. The number of hydrogen-bond donors (Lipinski definition) is 1. The van der Waals surface area contributed by atoms with Gasteiger partial charge >= 0.3 is 6.36 Å². The molecule has 11 heteroatoms. The minimum Gasteiger partial charge on any atom is -0.350 e. The standard InChI is InChI=1S/C20H20F3N7O/c1-29-17-10-12(2-7-16(17)26-28-29)15-8-9-30-18(15)11-24-19(27-30)25-13-3-5-14(6-4-13)31-20(21,22)23/h2,7-11,13-14H,3-6H2,1H3,(H,25,27). The molecule has 1 fully saturated rings. The summed E-state index contributed by atoms with van der Waals surface area (Å²) in [6.07, 6.45) is 0.0714. The topological polar surface area (TPSA) is 82.2 Å². The maximum absolute atomic E-state index is 12.4.